The number of nitrogens with zero attached hydrogens (tertiary/aromatic N) is 2. The summed E-state index contributed by atoms with van der Waals surface area (Å²) in [6, 6.07) is 1.86. The number of hydrogen-bond acceptors (Lipinski definition) is 6. The number of aromatic nitrogens is 3. The van der Waals surface area contributed by atoms with E-state index in [1.54, 1.807) is 6.26 Å². The average Bonchev–Trinajstić information content (AvgIpc) is 3.47. The van der Waals surface area contributed by atoms with Crippen molar-refractivity contribution in [1.82, 2.24) is 20.5 Å². The minimum Gasteiger partial charge on any atom is -0.448 e. The normalized spacial score (nSPS) is 24.4. The van der Waals surface area contributed by atoms with E-state index in [1.807, 2.05) is 13.0 Å². The van der Waals surface area contributed by atoms with E-state index >= 15 is 0 Å². The summed E-state index contributed by atoms with van der Waals surface area (Å²) in [5, 5.41) is 13.0. The molecule has 0 radical (unpaired) electrons. The number of amides is 2. The van der Waals surface area contributed by atoms with Crippen LogP contribution in [0.2, 0.25) is 0 Å². The Labute approximate surface area is 174 Å². The van der Waals surface area contributed by atoms with Gasteiger partial charge in [-0.3, -0.25) is 9.89 Å². The Morgan fingerprint density at radius 2 is 2.07 bits per heavy atom. The highest BCUT2D eigenvalue weighted by Crippen LogP contribution is 2.39. The lowest BCUT2D eigenvalue weighted by molar-refractivity contribution is -0.115. The lowest BCUT2D eigenvalue weighted by Crippen LogP contribution is -2.36. The summed E-state index contributed by atoms with van der Waals surface area (Å²) in [6.07, 6.45) is 8.03. The molecule has 2 aromatic rings. The van der Waals surface area contributed by atoms with Gasteiger partial charge in [0.25, 0.3) is 0 Å². The van der Waals surface area contributed by atoms with Crippen LogP contribution in [0.3, 0.4) is 0 Å². The second-order valence-electron chi connectivity index (χ2n) is 9.11. The van der Waals surface area contributed by atoms with Crippen molar-refractivity contribution in [3.05, 3.63) is 29.6 Å². The van der Waals surface area contributed by atoms with Gasteiger partial charge in [-0.05, 0) is 51.9 Å². The zero-order chi connectivity index (χ0) is 20.7. The van der Waals surface area contributed by atoms with E-state index in [9.17, 15) is 9.59 Å². The SMILES string of the molecule is CC1(NC(=O)OC2CCC(c3cc(NC(=O)Cc4coc(C5CC5)n4)n[nH]3)C2)CC1. The van der Waals surface area contributed by atoms with Crippen molar-refractivity contribution in [2.75, 3.05) is 5.32 Å². The number of aromatic amines is 1. The number of alkyl carbamates (subject to hydrolysis) is 1. The summed E-state index contributed by atoms with van der Waals surface area (Å²) >= 11 is 0. The van der Waals surface area contributed by atoms with Gasteiger partial charge in [-0.25, -0.2) is 9.78 Å². The molecule has 0 aromatic carbocycles. The standard InChI is InChI=1S/C21H27N5O4/c1-21(6-7-21)24-20(28)30-15-5-4-13(8-15)16-10-17(26-25-16)23-18(27)9-14-11-29-19(22-14)12-2-3-12/h10-13,15H,2-9H2,1H3,(H,24,28)(H2,23,25,26,27). The van der Waals surface area contributed by atoms with Crippen LogP contribution in [0.1, 0.15) is 81.0 Å². The molecule has 5 rings (SSSR count). The van der Waals surface area contributed by atoms with Crippen LogP contribution in [0.5, 0.6) is 0 Å². The summed E-state index contributed by atoms with van der Waals surface area (Å²) < 4.78 is 11.0. The van der Waals surface area contributed by atoms with Crippen LogP contribution in [0, 0.1) is 0 Å². The van der Waals surface area contributed by atoms with Gasteiger partial charge >= 0.3 is 6.09 Å². The van der Waals surface area contributed by atoms with Gasteiger partial charge in [-0.2, -0.15) is 5.10 Å². The molecule has 0 spiro atoms. The highest BCUT2D eigenvalue weighted by molar-refractivity contribution is 5.91. The maximum atomic E-state index is 12.3. The van der Waals surface area contributed by atoms with E-state index in [4.69, 9.17) is 9.15 Å². The van der Waals surface area contributed by atoms with Crippen LogP contribution in [0.25, 0.3) is 0 Å². The molecule has 0 bridgehead atoms. The van der Waals surface area contributed by atoms with Gasteiger partial charge < -0.3 is 19.8 Å². The van der Waals surface area contributed by atoms with Crippen LogP contribution < -0.4 is 10.6 Å². The predicted octanol–water partition coefficient (Wildman–Crippen LogP) is 3.37. The average molecular weight is 413 g/mol. The molecule has 3 fully saturated rings. The molecule has 2 aromatic heterocycles. The maximum absolute atomic E-state index is 12.3. The highest BCUT2D eigenvalue weighted by Gasteiger charge is 2.40. The van der Waals surface area contributed by atoms with Crippen LogP contribution in [-0.4, -0.2) is 38.8 Å². The molecule has 2 unspecified atom stereocenters. The molecule has 3 saturated carbocycles. The third kappa shape index (κ3) is 4.49. The number of carbonyl (C=O) groups excluding carboxylic acids is 2. The Bertz CT molecular complexity index is 943. The molecule has 3 aliphatic carbocycles. The number of nitrogens with one attached hydrogen (secondary N) is 3. The molecule has 3 N–H and O–H groups in total. The number of hydrogen-bond donors (Lipinski definition) is 3. The molecule has 3 aliphatic rings. The molecule has 2 heterocycles. The first kappa shape index (κ1) is 19.1. The Balaban J connectivity index is 1.10. The first-order chi connectivity index (χ1) is 14.5. The topological polar surface area (TPSA) is 122 Å². The fourth-order valence-corrected chi connectivity index (χ4v) is 3.95. The highest BCUT2D eigenvalue weighted by atomic mass is 16.6. The second-order valence-corrected chi connectivity index (χ2v) is 9.11. The summed E-state index contributed by atoms with van der Waals surface area (Å²) in [5.74, 6) is 1.70. The van der Waals surface area contributed by atoms with E-state index in [-0.39, 0.29) is 36.0 Å². The summed E-state index contributed by atoms with van der Waals surface area (Å²) in [7, 11) is 0. The van der Waals surface area contributed by atoms with Crippen LogP contribution in [-0.2, 0) is 16.0 Å². The largest absolute Gasteiger partial charge is 0.448 e. The van der Waals surface area contributed by atoms with Gasteiger partial charge in [0.05, 0.1) is 12.1 Å². The van der Waals surface area contributed by atoms with Crippen LogP contribution in [0.4, 0.5) is 10.6 Å². The molecule has 9 nitrogen and oxygen atoms in total. The minimum atomic E-state index is -0.323. The van der Waals surface area contributed by atoms with Gasteiger partial charge in [-0.1, -0.05) is 0 Å². The molecule has 9 heteroatoms. The number of oxazole rings is 1. The number of anilines is 1. The minimum absolute atomic E-state index is 0.0724. The molecular weight excluding hydrogens is 386 g/mol. The molecule has 2 atom stereocenters. The van der Waals surface area contributed by atoms with Crippen molar-refractivity contribution in [3.8, 4) is 0 Å². The first-order valence-electron chi connectivity index (χ1n) is 10.7. The van der Waals surface area contributed by atoms with E-state index in [0.29, 0.717) is 17.4 Å². The molecular formula is C21H27N5O4. The van der Waals surface area contributed by atoms with Crippen molar-refractivity contribution >= 4 is 17.8 Å². The van der Waals surface area contributed by atoms with Gasteiger partial charge in [-0.15, -0.1) is 0 Å². The van der Waals surface area contributed by atoms with Crippen LogP contribution >= 0.6 is 0 Å². The Hall–Kier alpha value is -2.84. The smallest absolute Gasteiger partial charge is 0.407 e. The molecule has 160 valence electrons. The van der Waals surface area contributed by atoms with Crippen LogP contribution in [0.15, 0.2) is 16.7 Å². The van der Waals surface area contributed by atoms with Crippen molar-refractivity contribution in [1.29, 1.82) is 0 Å². The Morgan fingerprint density at radius 1 is 1.27 bits per heavy atom. The zero-order valence-corrected chi connectivity index (χ0v) is 17.1. The number of carbonyl (C=O) groups is 2. The Kier molecular flexibility index (Phi) is 4.75. The van der Waals surface area contributed by atoms with Gasteiger partial charge in [0.15, 0.2) is 11.7 Å². The van der Waals surface area contributed by atoms with E-state index in [0.717, 1.165) is 56.5 Å². The summed E-state index contributed by atoms with van der Waals surface area (Å²) in [6.45, 7) is 2.03. The summed E-state index contributed by atoms with van der Waals surface area (Å²) in [5.41, 5.74) is 1.51. The maximum Gasteiger partial charge on any atom is 0.407 e. The quantitative estimate of drug-likeness (QED) is 0.640. The van der Waals surface area contributed by atoms with Gasteiger partial charge in [0.2, 0.25) is 5.91 Å². The molecule has 2 amide bonds. The fraction of sp³-hybridized carbons (Fsp3) is 0.619. The molecule has 0 aliphatic heterocycles. The van der Waals surface area contributed by atoms with Crippen molar-refractivity contribution in [3.63, 3.8) is 0 Å². The van der Waals surface area contributed by atoms with Crippen molar-refractivity contribution in [2.45, 2.75) is 81.8 Å². The second kappa shape index (κ2) is 7.45. The predicted molar refractivity (Wildman–Crippen MR) is 107 cm³/mol. The van der Waals surface area contributed by atoms with E-state index in [1.165, 1.54) is 0 Å². The van der Waals surface area contributed by atoms with E-state index < -0.39 is 0 Å². The lowest BCUT2D eigenvalue weighted by Gasteiger charge is -2.16. The summed E-state index contributed by atoms with van der Waals surface area (Å²) in [4.78, 5) is 28.7. The first-order valence-corrected chi connectivity index (χ1v) is 10.7. The Morgan fingerprint density at radius 3 is 2.83 bits per heavy atom. The monoisotopic (exact) mass is 413 g/mol. The zero-order valence-electron chi connectivity index (χ0n) is 17.1. The van der Waals surface area contributed by atoms with Crippen molar-refractivity contribution < 1.29 is 18.7 Å². The number of H-pyrrole nitrogens is 1. The van der Waals surface area contributed by atoms with Gasteiger partial charge in [0.1, 0.15) is 12.4 Å². The molecule has 0 saturated heterocycles. The molecule has 30 heavy (non-hydrogen) atoms. The number of ether oxygens (including phenoxy) is 1. The lowest BCUT2D eigenvalue weighted by atomic mass is 10.0. The fourth-order valence-electron chi connectivity index (χ4n) is 3.95. The third-order valence-electron chi connectivity index (χ3n) is 6.20. The van der Waals surface area contributed by atoms with Gasteiger partial charge in [0, 0.05) is 29.1 Å². The van der Waals surface area contributed by atoms with E-state index in [2.05, 4.69) is 25.8 Å². The number of rotatable bonds is 7. The van der Waals surface area contributed by atoms with Crippen molar-refractivity contribution in [2.24, 2.45) is 0 Å². The third-order valence-corrected chi connectivity index (χ3v) is 6.20.